The molecule has 0 unspecified atom stereocenters. The number of methoxy groups -OCH3 is 1. The van der Waals surface area contributed by atoms with E-state index >= 15 is 0 Å². The monoisotopic (exact) mass is 430 g/mol. The van der Waals surface area contributed by atoms with E-state index in [0.717, 1.165) is 34.4 Å². The van der Waals surface area contributed by atoms with E-state index in [2.05, 4.69) is 5.32 Å². The summed E-state index contributed by atoms with van der Waals surface area (Å²) in [7, 11) is 1.61. The van der Waals surface area contributed by atoms with E-state index < -0.39 is 17.7 Å². The first kappa shape index (κ1) is 21.1. The van der Waals surface area contributed by atoms with Gasteiger partial charge >= 0.3 is 6.03 Å². The van der Waals surface area contributed by atoms with Gasteiger partial charge in [-0.25, -0.2) is 13.6 Å². The number of nitrogens with one attached hydrogen (secondary N) is 1. The molecule has 31 heavy (non-hydrogen) atoms. The van der Waals surface area contributed by atoms with Gasteiger partial charge in [0.25, 0.3) is 0 Å². The number of carbonyl (C=O) groups excluding carboxylic acids is 1. The number of ether oxygens (including phenoxy) is 2. The van der Waals surface area contributed by atoms with Crippen molar-refractivity contribution in [3.8, 4) is 5.75 Å². The zero-order valence-electron chi connectivity index (χ0n) is 17.6. The van der Waals surface area contributed by atoms with Crippen LogP contribution in [0.25, 0.3) is 11.0 Å². The number of rotatable bonds is 4. The van der Waals surface area contributed by atoms with Crippen LogP contribution in [0.15, 0.2) is 40.8 Å². The normalized spacial score (nSPS) is 17.6. The van der Waals surface area contributed by atoms with Crippen LogP contribution in [0.3, 0.4) is 0 Å². The lowest BCUT2D eigenvalue weighted by Crippen LogP contribution is -2.47. The second-order valence-corrected chi connectivity index (χ2v) is 7.60. The fraction of sp³-hybridized carbons (Fsp3) is 0.348. The molecule has 2 aromatic carbocycles. The summed E-state index contributed by atoms with van der Waals surface area (Å²) in [5.74, 6) is -0.451. The molecule has 0 spiro atoms. The Kier molecular flexibility index (Phi) is 5.82. The molecule has 6 nitrogen and oxygen atoms in total. The predicted octanol–water partition coefficient (Wildman–Crippen LogP) is 4.87. The first-order chi connectivity index (χ1) is 14.9. The number of urea groups is 1. The molecule has 1 aliphatic heterocycles. The van der Waals surface area contributed by atoms with Crippen molar-refractivity contribution in [2.45, 2.75) is 26.0 Å². The third kappa shape index (κ3) is 4.20. The average Bonchev–Trinajstić information content (AvgIpc) is 3.11. The zero-order chi connectivity index (χ0) is 22.1. The Morgan fingerprint density at radius 1 is 1.23 bits per heavy atom. The van der Waals surface area contributed by atoms with Crippen LogP contribution >= 0.6 is 0 Å². The van der Waals surface area contributed by atoms with Crippen molar-refractivity contribution in [3.05, 3.63) is 64.9 Å². The van der Waals surface area contributed by atoms with Crippen molar-refractivity contribution in [2.24, 2.45) is 0 Å². The third-order valence-electron chi connectivity index (χ3n) is 5.58. The molecular weight excluding hydrogens is 406 g/mol. The van der Waals surface area contributed by atoms with Gasteiger partial charge < -0.3 is 24.1 Å². The number of fused-ring (bicyclic) bond motifs is 1. The van der Waals surface area contributed by atoms with Gasteiger partial charge in [0.05, 0.1) is 26.3 Å². The van der Waals surface area contributed by atoms with Crippen molar-refractivity contribution in [3.63, 3.8) is 0 Å². The average molecular weight is 430 g/mol. The molecule has 2 atom stereocenters. The Balaban J connectivity index is 1.46. The van der Waals surface area contributed by atoms with Crippen LogP contribution in [0.4, 0.5) is 13.6 Å². The number of hydrogen-bond donors (Lipinski definition) is 1. The van der Waals surface area contributed by atoms with Gasteiger partial charge in [0.2, 0.25) is 0 Å². The van der Waals surface area contributed by atoms with Crippen LogP contribution in [-0.4, -0.2) is 37.7 Å². The Morgan fingerprint density at radius 2 is 2.03 bits per heavy atom. The summed E-state index contributed by atoms with van der Waals surface area (Å²) in [6, 6.07) is 8.57. The summed E-state index contributed by atoms with van der Waals surface area (Å²) in [4.78, 5) is 14.5. The molecule has 1 aromatic heterocycles. The van der Waals surface area contributed by atoms with E-state index in [0.29, 0.717) is 24.5 Å². The highest BCUT2D eigenvalue weighted by atomic mass is 19.2. The summed E-state index contributed by atoms with van der Waals surface area (Å²) in [6.45, 7) is 4.73. The molecule has 1 fully saturated rings. The SMILES string of the molecule is COc1ccc2oc([C@@H](C)NC(=O)N3CCO[C@H](c4ccc(F)c(F)c4)C3)c(C)c2c1. The molecular formula is C23H24F2N2O4. The van der Waals surface area contributed by atoms with E-state index in [1.165, 1.54) is 6.07 Å². The molecule has 2 amide bonds. The van der Waals surface area contributed by atoms with Gasteiger partial charge in [-0.3, -0.25) is 0 Å². The third-order valence-corrected chi connectivity index (χ3v) is 5.58. The molecule has 0 bridgehead atoms. The lowest BCUT2D eigenvalue weighted by molar-refractivity contribution is -0.0159. The summed E-state index contributed by atoms with van der Waals surface area (Å²) >= 11 is 0. The number of morpholine rings is 1. The molecule has 164 valence electrons. The second kappa shape index (κ2) is 8.55. The van der Waals surface area contributed by atoms with E-state index in [9.17, 15) is 13.6 Å². The van der Waals surface area contributed by atoms with Crippen molar-refractivity contribution in [1.29, 1.82) is 0 Å². The molecule has 0 saturated carbocycles. The number of nitrogens with zero attached hydrogens (tertiary/aromatic N) is 1. The molecule has 0 radical (unpaired) electrons. The minimum atomic E-state index is -0.937. The van der Waals surface area contributed by atoms with Crippen LogP contribution in [0.1, 0.15) is 36.0 Å². The first-order valence-corrected chi connectivity index (χ1v) is 10.1. The number of aryl methyl sites for hydroxylation is 1. The maximum atomic E-state index is 13.6. The summed E-state index contributed by atoms with van der Waals surface area (Å²) in [6.07, 6.45) is -0.523. The van der Waals surface area contributed by atoms with Gasteiger partial charge in [-0.15, -0.1) is 0 Å². The highest BCUT2D eigenvalue weighted by Crippen LogP contribution is 2.32. The van der Waals surface area contributed by atoms with Crippen LogP contribution in [-0.2, 0) is 4.74 Å². The number of furan rings is 1. The zero-order valence-corrected chi connectivity index (χ0v) is 17.6. The van der Waals surface area contributed by atoms with Crippen LogP contribution in [0, 0.1) is 18.6 Å². The molecule has 1 saturated heterocycles. The smallest absolute Gasteiger partial charge is 0.318 e. The van der Waals surface area contributed by atoms with E-state index in [-0.39, 0.29) is 18.6 Å². The van der Waals surface area contributed by atoms with E-state index in [4.69, 9.17) is 13.9 Å². The molecule has 3 aromatic rings. The van der Waals surface area contributed by atoms with Crippen LogP contribution in [0.5, 0.6) is 5.75 Å². The quantitative estimate of drug-likeness (QED) is 0.641. The minimum absolute atomic E-state index is 0.236. The second-order valence-electron chi connectivity index (χ2n) is 7.60. The lowest BCUT2D eigenvalue weighted by atomic mass is 10.1. The van der Waals surface area contributed by atoms with Gasteiger partial charge in [-0.05, 0) is 49.7 Å². The maximum absolute atomic E-state index is 13.6. The molecule has 0 aliphatic carbocycles. The highest BCUT2D eigenvalue weighted by molar-refractivity contribution is 5.84. The summed E-state index contributed by atoms with van der Waals surface area (Å²) < 4.78 is 43.7. The van der Waals surface area contributed by atoms with Gasteiger partial charge in [-0.2, -0.15) is 0 Å². The van der Waals surface area contributed by atoms with Gasteiger partial charge in [0.15, 0.2) is 11.6 Å². The number of amides is 2. The summed E-state index contributed by atoms with van der Waals surface area (Å²) in [5.41, 5.74) is 2.15. The topological polar surface area (TPSA) is 63.9 Å². The lowest BCUT2D eigenvalue weighted by Gasteiger charge is -2.33. The standard InChI is InChI=1S/C23H24F2N2O4/c1-13-17-11-16(29-3)5-7-20(17)31-22(13)14(2)26-23(28)27-8-9-30-21(12-27)15-4-6-18(24)19(25)10-15/h4-7,10-11,14,21H,8-9,12H2,1-3H3,(H,26,28)/t14-,21+/m1/s1. The fourth-order valence-corrected chi connectivity index (χ4v) is 3.85. The Morgan fingerprint density at radius 3 is 2.77 bits per heavy atom. The number of carbonyl (C=O) groups is 1. The minimum Gasteiger partial charge on any atom is -0.497 e. The first-order valence-electron chi connectivity index (χ1n) is 10.1. The van der Waals surface area contributed by atoms with Gasteiger partial charge in [0, 0.05) is 17.5 Å². The van der Waals surface area contributed by atoms with Gasteiger partial charge in [-0.1, -0.05) is 6.07 Å². The van der Waals surface area contributed by atoms with Crippen LogP contribution < -0.4 is 10.1 Å². The molecule has 4 rings (SSSR count). The summed E-state index contributed by atoms with van der Waals surface area (Å²) in [5, 5.41) is 3.89. The maximum Gasteiger partial charge on any atom is 0.318 e. The largest absolute Gasteiger partial charge is 0.497 e. The Labute approximate surface area is 178 Å². The Bertz CT molecular complexity index is 1110. The molecule has 1 N–H and O–H groups in total. The van der Waals surface area contributed by atoms with E-state index in [1.54, 1.807) is 12.0 Å². The fourth-order valence-electron chi connectivity index (χ4n) is 3.85. The van der Waals surface area contributed by atoms with Crippen molar-refractivity contribution >= 4 is 17.0 Å². The Hall–Kier alpha value is -3.13. The number of benzene rings is 2. The molecule has 1 aliphatic rings. The van der Waals surface area contributed by atoms with E-state index in [1.807, 2.05) is 32.0 Å². The number of halogens is 2. The molecule has 2 heterocycles. The van der Waals surface area contributed by atoms with Crippen LogP contribution in [0.2, 0.25) is 0 Å². The number of hydrogen-bond acceptors (Lipinski definition) is 4. The molecule has 8 heteroatoms. The highest BCUT2D eigenvalue weighted by Gasteiger charge is 2.28. The van der Waals surface area contributed by atoms with Crippen molar-refractivity contribution in [2.75, 3.05) is 26.8 Å². The van der Waals surface area contributed by atoms with Gasteiger partial charge in [0.1, 0.15) is 23.2 Å². The van der Waals surface area contributed by atoms with Crippen molar-refractivity contribution < 1.29 is 27.5 Å². The predicted molar refractivity (Wildman–Crippen MR) is 111 cm³/mol. The van der Waals surface area contributed by atoms with Crippen molar-refractivity contribution in [1.82, 2.24) is 10.2 Å².